The highest BCUT2D eigenvalue weighted by atomic mass is 19.1. The van der Waals surface area contributed by atoms with Crippen molar-refractivity contribution in [2.24, 2.45) is 0 Å². The fourth-order valence-electron chi connectivity index (χ4n) is 2.76. The van der Waals surface area contributed by atoms with Crippen molar-refractivity contribution in [1.82, 2.24) is 10.2 Å². The first-order valence-corrected chi connectivity index (χ1v) is 8.30. The monoisotopic (exact) mass is 356 g/mol. The van der Waals surface area contributed by atoms with E-state index in [0.717, 1.165) is 0 Å². The van der Waals surface area contributed by atoms with Gasteiger partial charge in [-0.05, 0) is 34.1 Å². The van der Waals surface area contributed by atoms with Crippen LogP contribution >= 0.6 is 0 Å². The number of hydrogen-bond acceptors (Lipinski definition) is 5. The first-order chi connectivity index (χ1) is 11.6. The summed E-state index contributed by atoms with van der Waals surface area (Å²) in [5.41, 5.74) is -0.387. The van der Waals surface area contributed by atoms with E-state index in [-0.39, 0.29) is 31.0 Å². The summed E-state index contributed by atoms with van der Waals surface area (Å²) < 4.78 is 24.7. The van der Waals surface area contributed by atoms with Crippen molar-refractivity contribution >= 4 is 12.0 Å². The van der Waals surface area contributed by atoms with Gasteiger partial charge in [0, 0.05) is 19.4 Å². The summed E-state index contributed by atoms with van der Waals surface area (Å²) in [6.07, 6.45) is -1.16. The number of hydrogen-bond donors (Lipinski definition) is 2. The lowest BCUT2D eigenvalue weighted by Gasteiger charge is -2.29. The Labute approximate surface area is 146 Å². The van der Waals surface area contributed by atoms with E-state index in [4.69, 9.17) is 9.47 Å². The Bertz CT molecular complexity index is 621. The summed E-state index contributed by atoms with van der Waals surface area (Å²) in [5, 5.41) is 11.7. The number of halogens is 1. The zero-order valence-corrected chi connectivity index (χ0v) is 15.0. The van der Waals surface area contributed by atoms with Crippen LogP contribution in [0.2, 0.25) is 0 Å². The van der Waals surface area contributed by atoms with Gasteiger partial charge in [0.15, 0.2) is 0 Å². The van der Waals surface area contributed by atoms with E-state index in [1.54, 1.807) is 27.7 Å². The number of carbonyl (C=O) groups excluding carboxylic acids is 2. The molecular formula is C17H25FN2O5. The molecule has 0 radical (unpaired) electrons. The third kappa shape index (κ3) is 4.72. The van der Waals surface area contributed by atoms with E-state index in [0.29, 0.717) is 24.3 Å². The molecule has 1 aliphatic heterocycles. The predicted molar refractivity (Wildman–Crippen MR) is 87.7 cm³/mol. The van der Waals surface area contributed by atoms with Gasteiger partial charge in [-0.3, -0.25) is 10.1 Å². The van der Waals surface area contributed by atoms with E-state index in [1.165, 1.54) is 4.90 Å². The molecule has 0 fully saturated rings. The van der Waals surface area contributed by atoms with Crippen LogP contribution in [0, 0.1) is 0 Å². The normalized spacial score (nSPS) is 21.6. The van der Waals surface area contributed by atoms with Crippen LogP contribution in [0.3, 0.4) is 0 Å². The molecule has 0 aromatic rings. The first kappa shape index (κ1) is 19.2. The van der Waals surface area contributed by atoms with Crippen LogP contribution in [0.5, 0.6) is 0 Å². The van der Waals surface area contributed by atoms with Crippen molar-refractivity contribution in [3.05, 3.63) is 22.9 Å². The Hall–Kier alpha value is -2.09. The Kier molecular flexibility index (Phi) is 5.72. The molecule has 2 aliphatic rings. The number of aliphatic hydroxyl groups is 1. The van der Waals surface area contributed by atoms with Crippen molar-refractivity contribution < 1.29 is 28.6 Å². The van der Waals surface area contributed by atoms with Gasteiger partial charge in [-0.1, -0.05) is 0 Å². The maximum atomic E-state index is 13.8. The number of ether oxygens (including phenoxy) is 2. The molecule has 140 valence electrons. The summed E-state index contributed by atoms with van der Waals surface area (Å²) >= 11 is 0. The summed E-state index contributed by atoms with van der Waals surface area (Å²) in [7, 11) is 0. The van der Waals surface area contributed by atoms with E-state index in [2.05, 4.69) is 5.32 Å². The molecule has 0 aromatic heterocycles. The molecule has 0 saturated carbocycles. The van der Waals surface area contributed by atoms with Gasteiger partial charge >= 0.3 is 6.09 Å². The van der Waals surface area contributed by atoms with Gasteiger partial charge in [0.25, 0.3) is 5.91 Å². The number of nitrogens with zero attached hydrogens (tertiary/aromatic N) is 1. The second-order valence-corrected chi connectivity index (χ2v) is 7.05. The van der Waals surface area contributed by atoms with Gasteiger partial charge in [0.2, 0.25) is 0 Å². The molecule has 2 N–H and O–H groups in total. The van der Waals surface area contributed by atoms with E-state index < -0.39 is 23.8 Å². The molecule has 0 bridgehead atoms. The van der Waals surface area contributed by atoms with E-state index in [9.17, 15) is 19.1 Å². The SMILES string of the molecule is CC1=C(NC(=O)OC(C)(C)C)C(=O)N(CCO)C2=C(CCC(F)C2)O1. The number of carbonyl (C=O) groups is 2. The number of alkyl halides is 1. The second-order valence-electron chi connectivity index (χ2n) is 7.05. The topological polar surface area (TPSA) is 88.1 Å². The van der Waals surface area contributed by atoms with Crippen molar-refractivity contribution in [1.29, 1.82) is 0 Å². The standard InChI is InChI=1S/C17H25FN2O5/c1-10-14(19-16(23)25-17(2,3)4)15(22)20(7-8-21)12-9-11(18)5-6-13(12)24-10/h11,21H,5-9H2,1-4H3,(H,19,23). The number of amides is 2. The number of nitrogens with one attached hydrogen (secondary N) is 1. The fourth-order valence-corrected chi connectivity index (χ4v) is 2.76. The van der Waals surface area contributed by atoms with Gasteiger partial charge in [-0.2, -0.15) is 0 Å². The Morgan fingerprint density at radius 2 is 2.16 bits per heavy atom. The summed E-state index contributed by atoms with van der Waals surface area (Å²) in [6.45, 7) is 6.37. The zero-order chi connectivity index (χ0) is 18.8. The van der Waals surface area contributed by atoms with Crippen LogP contribution in [0.15, 0.2) is 22.9 Å². The lowest BCUT2D eigenvalue weighted by atomic mass is 10.00. The van der Waals surface area contributed by atoms with Crippen molar-refractivity contribution in [3.63, 3.8) is 0 Å². The summed E-state index contributed by atoms with van der Waals surface area (Å²) in [6, 6.07) is 0. The zero-order valence-electron chi connectivity index (χ0n) is 15.0. The van der Waals surface area contributed by atoms with Crippen molar-refractivity contribution in [2.45, 2.75) is 58.7 Å². The largest absolute Gasteiger partial charge is 0.462 e. The van der Waals surface area contributed by atoms with Gasteiger partial charge in [0.05, 0.1) is 12.3 Å². The van der Waals surface area contributed by atoms with Gasteiger partial charge in [0.1, 0.15) is 29.0 Å². The highest BCUT2D eigenvalue weighted by Gasteiger charge is 2.35. The number of aliphatic hydroxyl groups excluding tert-OH is 1. The van der Waals surface area contributed by atoms with E-state index >= 15 is 0 Å². The minimum atomic E-state index is -1.07. The predicted octanol–water partition coefficient (Wildman–Crippen LogP) is 2.33. The molecule has 1 heterocycles. The van der Waals surface area contributed by atoms with Crippen LogP contribution in [0.25, 0.3) is 0 Å². The van der Waals surface area contributed by atoms with Crippen LogP contribution in [-0.4, -0.2) is 46.9 Å². The summed E-state index contributed by atoms with van der Waals surface area (Å²) in [4.78, 5) is 26.2. The molecule has 1 unspecified atom stereocenters. The number of rotatable bonds is 3. The van der Waals surface area contributed by atoms with Crippen LogP contribution in [0.1, 0.15) is 47.0 Å². The molecular weight excluding hydrogens is 331 g/mol. The number of alkyl carbamates (subject to hydrolysis) is 1. The third-order valence-electron chi connectivity index (χ3n) is 3.78. The first-order valence-electron chi connectivity index (χ1n) is 8.30. The molecule has 7 nitrogen and oxygen atoms in total. The molecule has 8 heteroatoms. The molecule has 1 atom stereocenters. The van der Waals surface area contributed by atoms with Crippen molar-refractivity contribution in [2.75, 3.05) is 13.2 Å². The highest BCUT2D eigenvalue weighted by molar-refractivity contribution is 5.98. The smallest absolute Gasteiger partial charge is 0.412 e. The molecule has 0 aromatic carbocycles. The number of β-amino-alcohol motifs (C(OH)–C–C–N with tert-alkyl or cyclic N) is 1. The Morgan fingerprint density at radius 1 is 1.48 bits per heavy atom. The maximum absolute atomic E-state index is 13.8. The van der Waals surface area contributed by atoms with Crippen molar-refractivity contribution in [3.8, 4) is 0 Å². The van der Waals surface area contributed by atoms with E-state index in [1.807, 2.05) is 0 Å². The maximum Gasteiger partial charge on any atom is 0.412 e. The minimum absolute atomic E-state index is 0.0134. The lowest BCUT2D eigenvalue weighted by Crippen LogP contribution is -2.41. The van der Waals surface area contributed by atoms with Gasteiger partial charge < -0.3 is 19.5 Å². The van der Waals surface area contributed by atoms with Crippen LogP contribution in [-0.2, 0) is 14.3 Å². The average molecular weight is 356 g/mol. The highest BCUT2D eigenvalue weighted by Crippen LogP contribution is 2.34. The Morgan fingerprint density at radius 3 is 2.76 bits per heavy atom. The minimum Gasteiger partial charge on any atom is -0.462 e. The molecule has 2 rings (SSSR count). The van der Waals surface area contributed by atoms with Gasteiger partial charge in [-0.25, -0.2) is 9.18 Å². The van der Waals surface area contributed by atoms with Crippen LogP contribution < -0.4 is 5.32 Å². The summed E-state index contributed by atoms with van der Waals surface area (Å²) in [5.74, 6) is 0.145. The molecule has 0 saturated heterocycles. The van der Waals surface area contributed by atoms with Crippen LogP contribution in [0.4, 0.5) is 9.18 Å². The quantitative estimate of drug-likeness (QED) is 0.810. The molecule has 2 amide bonds. The average Bonchev–Trinajstić information content (AvgIpc) is 2.57. The third-order valence-corrected chi connectivity index (χ3v) is 3.78. The lowest BCUT2D eigenvalue weighted by molar-refractivity contribution is -0.126. The molecule has 0 spiro atoms. The van der Waals surface area contributed by atoms with Gasteiger partial charge in [-0.15, -0.1) is 0 Å². The molecule has 1 aliphatic carbocycles. The molecule has 25 heavy (non-hydrogen) atoms. The Balaban J connectivity index is 2.30. The fraction of sp³-hybridized carbons (Fsp3) is 0.647. The second kappa shape index (κ2) is 7.43. The number of allylic oxidation sites excluding steroid dienone is 3.